The number of aromatic nitrogens is 1. The molecule has 3 nitrogen and oxygen atoms in total. The maximum Gasteiger partial charge on any atom is 0.228 e. The van der Waals surface area contributed by atoms with Crippen LogP contribution in [0.5, 0.6) is 0 Å². The van der Waals surface area contributed by atoms with Gasteiger partial charge in [0.1, 0.15) is 0 Å². The lowest BCUT2D eigenvalue weighted by molar-refractivity contribution is -0.134. The van der Waals surface area contributed by atoms with Crippen molar-refractivity contribution in [2.45, 2.75) is 53.2 Å². The van der Waals surface area contributed by atoms with E-state index in [1.165, 1.54) is 16.8 Å². The third kappa shape index (κ3) is 5.14. The summed E-state index contributed by atoms with van der Waals surface area (Å²) in [4.78, 5) is 16.3. The molecule has 4 heteroatoms. The molecule has 1 atom stereocenters. The van der Waals surface area contributed by atoms with E-state index in [1.54, 1.807) is 11.3 Å². The van der Waals surface area contributed by atoms with Crippen LogP contribution in [0.15, 0.2) is 60.1 Å². The third-order valence-electron chi connectivity index (χ3n) is 5.37. The van der Waals surface area contributed by atoms with Gasteiger partial charge in [0, 0.05) is 29.4 Å². The lowest BCUT2D eigenvalue weighted by Crippen LogP contribution is -2.42. The lowest BCUT2D eigenvalue weighted by Gasteiger charge is -2.32. The number of benzene rings is 1. The lowest BCUT2D eigenvalue weighted by atomic mass is 10.0. The van der Waals surface area contributed by atoms with Gasteiger partial charge < -0.3 is 9.47 Å². The van der Waals surface area contributed by atoms with Gasteiger partial charge in [0.25, 0.3) is 0 Å². The van der Waals surface area contributed by atoms with Crippen molar-refractivity contribution in [1.82, 2.24) is 9.47 Å². The highest BCUT2D eigenvalue weighted by molar-refractivity contribution is 7.10. The Balaban J connectivity index is 1.79. The van der Waals surface area contributed by atoms with Gasteiger partial charge in [-0.15, -0.1) is 11.3 Å². The largest absolute Gasteiger partial charge is 0.345 e. The van der Waals surface area contributed by atoms with Gasteiger partial charge in [0.2, 0.25) is 5.91 Å². The van der Waals surface area contributed by atoms with Crippen molar-refractivity contribution in [1.29, 1.82) is 0 Å². The second-order valence-corrected chi connectivity index (χ2v) is 8.91. The molecular weight excluding hydrogens is 364 g/mol. The summed E-state index contributed by atoms with van der Waals surface area (Å²) in [5.41, 5.74) is 3.73. The highest BCUT2D eigenvalue weighted by atomic mass is 32.1. The molecule has 1 aromatic carbocycles. The van der Waals surface area contributed by atoms with Crippen LogP contribution in [0, 0.1) is 12.8 Å². The molecule has 3 rings (SSSR count). The molecule has 148 valence electrons. The smallest absolute Gasteiger partial charge is 0.228 e. The summed E-state index contributed by atoms with van der Waals surface area (Å²) >= 11 is 1.65. The van der Waals surface area contributed by atoms with Crippen LogP contribution >= 0.6 is 11.3 Å². The normalized spacial score (nSPS) is 12.3. The van der Waals surface area contributed by atoms with E-state index < -0.39 is 0 Å². The molecular formula is C24H30N2OS. The van der Waals surface area contributed by atoms with Crippen molar-refractivity contribution >= 4 is 17.2 Å². The van der Waals surface area contributed by atoms with Gasteiger partial charge in [-0.25, -0.2) is 0 Å². The second-order valence-electron chi connectivity index (χ2n) is 7.88. The van der Waals surface area contributed by atoms with Crippen molar-refractivity contribution in [2.24, 2.45) is 5.92 Å². The average molecular weight is 395 g/mol. The fourth-order valence-electron chi connectivity index (χ4n) is 3.41. The van der Waals surface area contributed by atoms with Gasteiger partial charge in [-0.05, 0) is 48.9 Å². The van der Waals surface area contributed by atoms with E-state index in [4.69, 9.17) is 0 Å². The fraction of sp³-hybridized carbons (Fsp3) is 0.375. The number of hydrogen-bond acceptors (Lipinski definition) is 2. The number of hydrogen-bond donors (Lipinski definition) is 0. The summed E-state index contributed by atoms with van der Waals surface area (Å²) in [7, 11) is 0. The van der Waals surface area contributed by atoms with Gasteiger partial charge in [-0.2, -0.15) is 0 Å². The molecule has 0 saturated carbocycles. The molecule has 0 aliphatic rings. The Kier molecular flexibility index (Phi) is 6.74. The van der Waals surface area contributed by atoms with Crippen LogP contribution in [0.3, 0.4) is 0 Å². The van der Waals surface area contributed by atoms with Crippen molar-refractivity contribution in [3.8, 4) is 0 Å². The van der Waals surface area contributed by atoms with Gasteiger partial charge in [-0.3, -0.25) is 4.79 Å². The second kappa shape index (κ2) is 9.24. The molecule has 0 bridgehead atoms. The number of aryl methyl sites for hydroxylation is 1. The van der Waals surface area contributed by atoms with E-state index in [1.807, 2.05) is 22.4 Å². The number of carbonyl (C=O) groups is 1. The van der Waals surface area contributed by atoms with Crippen molar-refractivity contribution < 1.29 is 4.79 Å². The highest BCUT2D eigenvalue weighted by Gasteiger charge is 2.24. The molecule has 0 aliphatic heterocycles. The third-order valence-corrected chi connectivity index (χ3v) is 6.25. The van der Waals surface area contributed by atoms with E-state index >= 15 is 0 Å². The molecule has 3 aromatic rings. The maximum atomic E-state index is 13.1. The predicted molar refractivity (Wildman–Crippen MR) is 118 cm³/mol. The molecule has 0 fully saturated rings. The van der Waals surface area contributed by atoms with Crippen molar-refractivity contribution in [3.63, 3.8) is 0 Å². The first-order valence-corrected chi connectivity index (χ1v) is 10.8. The molecule has 28 heavy (non-hydrogen) atoms. The van der Waals surface area contributed by atoms with Crippen LogP contribution in [0.25, 0.3) is 0 Å². The SMILES string of the molecule is Cc1cccc(Cn2cccc2CN(C(=O)Cc2cccs2)C(C)C(C)C)c1. The Hall–Kier alpha value is -2.33. The molecule has 0 saturated heterocycles. The van der Waals surface area contributed by atoms with E-state index in [0.717, 1.165) is 11.4 Å². The Bertz CT molecular complexity index is 895. The first kappa shape index (κ1) is 20.4. The Labute approximate surface area is 172 Å². The van der Waals surface area contributed by atoms with Gasteiger partial charge in [-0.1, -0.05) is 49.7 Å². The summed E-state index contributed by atoms with van der Waals surface area (Å²) < 4.78 is 2.26. The number of rotatable bonds is 8. The van der Waals surface area contributed by atoms with E-state index in [0.29, 0.717) is 18.9 Å². The standard InChI is InChI=1S/C24H30N2OS/c1-18(2)20(4)26(24(27)15-23-11-7-13-28-23)17-22-10-6-12-25(22)16-21-9-5-8-19(3)14-21/h5-14,18,20H,15-17H2,1-4H3. The van der Waals surface area contributed by atoms with Gasteiger partial charge in [0.15, 0.2) is 0 Å². The first-order valence-electron chi connectivity index (χ1n) is 9.95. The summed E-state index contributed by atoms with van der Waals surface area (Å²) in [6, 6.07) is 17.1. The van der Waals surface area contributed by atoms with Gasteiger partial charge in [0.05, 0.1) is 13.0 Å². The topological polar surface area (TPSA) is 25.2 Å². The Morgan fingerprint density at radius 3 is 2.61 bits per heavy atom. The zero-order chi connectivity index (χ0) is 20.1. The van der Waals surface area contributed by atoms with Gasteiger partial charge >= 0.3 is 0 Å². The summed E-state index contributed by atoms with van der Waals surface area (Å²) in [5.74, 6) is 0.611. The molecule has 2 heterocycles. The highest BCUT2D eigenvalue weighted by Crippen LogP contribution is 2.19. The summed E-state index contributed by atoms with van der Waals surface area (Å²) in [6.45, 7) is 10.1. The number of thiophene rings is 1. The van der Waals surface area contributed by atoms with E-state index in [9.17, 15) is 4.79 Å². The van der Waals surface area contributed by atoms with E-state index in [-0.39, 0.29) is 11.9 Å². The number of carbonyl (C=O) groups excluding carboxylic acids is 1. The summed E-state index contributed by atoms with van der Waals surface area (Å²) in [5, 5.41) is 2.03. The Morgan fingerprint density at radius 2 is 1.93 bits per heavy atom. The molecule has 0 radical (unpaired) electrons. The van der Waals surface area contributed by atoms with Crippen molar-refractivity contribution in [3.05, 3.63) is 81.8 Å². The van der Waals surface area contributed by atoms with Crippen LogP contribution in [-0.2, 0) is 24.3 Å². The molecule has 0 N–H and O–H groups in total. The predicted octanol–water partition coefficient (Wildman–Crippen LogP) is 5.52. The minimum atomic E-state index is 0.190. The van der Waals surface area contributed by atoms with Crippen LogP contribution in [0.1, 0.15) is 42.5 Å². The minimum Gasteiger partial charge on any atom is -0.345 e. The molecule has 0 aliphatic carbocycles. The zero-order valence-electron chi connectivity index (χ0n) is 17.3. The van der Waals surface area contributed by atoms with Crippen molar-refractivity contribution in [2.75, 3.05) is 0 Å². The molecule has 1 amide bonds. The Morgan fingerprint density at radius 1 is 1.11 bits per heavy atom. The fourth-order valence-corrected chi connectivity index (χ4v) is 4.11. The maximum absolute atomic E-state index is 13.1. The van der Waals surface area contributed by atoms with E-state index in [2.05, 4.69) is 74.9 Å². The minimum absolute atomic E-state index is 0.190. The molecule has 2 aromatic heterocycles. The molecule has 1 unspecified atom stereocenters. The quantitative estimate of drug-likeness (QED) is 0.494. The first-order chi connectivity index (χ1) is 13.4. The average Bonchev–Trinajstić information content (AvgIpc) is 3.31. The van der Waals surface area contributed by atoms with Crippen LogP contribution in [0.4, 0.5) is 0 Å². The summed E-state index contributed by atoms with van der Waals surface area (Å²) in [6.07, 6.45) is 2.59. The van der Waals surface area contributed by atoms with Crippen LogP contribution in [0.2, 0.25) is 0 Å². The monoisotopic (exact) mass is 394 g/mol. The van der Waals surface area contributed by atoms with Crippen LogP contribution < -0.4 is 0 Å². The number of amides is 1. The van der Waals surface area contributed by atoms with Crippen LogP contribution in [-0.4, -0.2) is 21.4 Å². The zero-order valence-corrected chi connectivity index (χ0v) is 18.1. The number of nitrogens with zero attached hydrogens (tertiary/aromatic N) is 2. The molecule has 0 spiro atoms.